The maximum Gasteiger partial charge on any atom is 0.272 e. The first kappa shape index (κ1) is 22.5. The molecule has 2 aliphatic rings. The maximum atomic E-state index is 13.8. The Balaban J connectivity index is 1.67. The van der Waals surface area contributed by atoms with Crippen molar-refractivity contribution in [3.05, 3.63) is 78.1 Å². The smallest absolute Gasteiger partial charge is 0.272 e. The van der Waals surface area contributed by atoms with Gasteiger partial charge in [0, 0.05) is 54.7 Å². The zero-order valence-electron chi connectivity index (χ0n) is 19.7. The maximum absolute atomic E-state index is 13.8. The molecule has 0 radical (unpaired) electrons. The van der Waals surface area contributed by atoms with Crippen LogP contribution < -0.4 is 0 Å². The van der Waals surface area contributed by atoms with Crippen LogP contribution in [0.15, 0.2) is 61.0 Å². The lowest BCUT2D eigenvalue weighted by atomic mass is 9.98. The second kappa shape index (κ2) is 8.46. The molecule has 0 bridgehead atoms. The van der Waals surface area contributed by atoms with Crippen LogP contribution >= 0.6 is 0 Å². The highest BCUT2D eigenvalue weighted by Gasteiger charge is 2.57. The predicted octanol–water partition coefficient (Wildman–Crippen LogP) is 2.37. The van der Waals surface area contributed by atoms with Crippen molar-refractivity contribution in [2.45, 2.75) is 26.1 Å². The van der Waals surface area contributed by atoms with Crippen LogP contribution in [0.3, 0.4) is 0 Å². The Hall–Kier alpha value is -4.34. The molecule has 178 valence electrons. The number of rotatable bonds is 5. The number of nitrogens with zero attached hydrogens (tertiary/aromatic N) is 6. The average molecular weight is 472 g/mol. The third-order valence-corrected chi connectivity index (χ3v) is 6.49. The number of ether oxygens (including phenoxy) is 1. The van der Waals surface area contributed by atoms with Crippen molar-refractivity contribution >= 4 is 17.5 Å². The quantitative estimate of drug-likeness (QED) is 0.347. The Kier molecular flexibility index (Phi) is 5.43. The van der Waals surface area contributed by atoms with E-state index in [0.29, 0.717) is 17.9 Å². The second-order valence-electron chi connectivity index (χ2n) is 8.65. The highest BCUT2D eigenvalue weighted by Crippen LogP contribution is 2.43. The molecule has 1 unspecified atom stereocenters. The Labute approximate surface area is 202 Å². The average Bonchev–Trinajstić information content (AvgIpc) is 3.46. The minimum Gasteiger partial charge on any atom is -0.503 e. The third kappa shape index (κ3) is 3.49. The van der Waals surface area contributed by atoms with Gasteiger partial charge in [-0.25, -0.2) is 0 Å². The second-order valence-corrected chi connectivity index (χ2v) is 8.65. The summed E-state index contributed by atoms with van der Waals surface area (Å²) < 4.78 is 6.96. The molecule has 2 amide bonds. The fraction of sp³-hybridized carbons (Fsp3) is 0.280. The number of carbonyl (C=O) groups excluding carboxylic acids is 2. The van der Waals surface area contributed by atoms with Crippen LogP contribution in [0.5, 0.6) is 0 Å². The number of aryl methyl sites for hydroxylation is 1. The number of nitrogens with one attached hydrogen (secondary N) is 1. The molecule has 1 saturated heterocycles. The van der Waals surface area contributed by atoms with E-state index in [4.69, 9.17) is 10.1 Å². The van der Waals surface area contributed by atoms with Crippen LogP contribution in [0.1, 0.15) is 28.8 Å². The van der Waals surface area contributed by atoms with Gasteiger partial charge in [0.2, 0.25) is 0 Å². The van der Waals surface area contributed by atoms with Gasteiger partial charge in [-0.15, -0.1) is 0 Å². The molecule has 1 fully saturated rings. The van der Waals surface area contributed by atoms with Gasteiger partial charge >= 0.3 is 0 Å². The standard InChI is InChI=1S/C25H25N7O3/c1-16-10-29-22(12-28-16)25-15-30-13-19(18-5-4-6-27-11-18)9-21(30)24(34)32(25)8-7-31(25)23(33)20(14-35-3)17(2)26/h4-6,9-14,26H,7-8,15H2,1-3H3/b20-14+,26-17?. The molecule has 3 aromatic rings. The molecule has 0 saturated carbocycles. The number of amides is 2. The van der Waals surface area contributed by atoms with Crippen LogP contribution in [0.4, 0.5) is 0 Å². The summed E-state index contributed by atoms with van der Waals surface area (Å²) in [5, 5.41) is 8.12. The van der Waals surface area contributed by atoms with E-state index in [9.17, 15) is 9.59 Å². The van der Waals surface area contributed by atoms with E-state index in [-0.39, 0.29) is 30.3 Å². The van der Waals surface area contributed by atoms with Gasteiger partial charge in [0.05, 0.1) is 37.4 Å². The van der Waals surface area contributed by atoms with Crippen molar-refractivity contribution in [3.8, 4) is 11.1 Å². The lowest BCUT2D eigenvalue weighted by Crippen LogP contribution is -2.60. The minimum atomic E-state index is -1.20. The molecule has 5 rings (SSSR count). The first-order valence-corrected chi connectivity index (χ1v) is 11.2. The lowest BCUT2D eigenvalue weighted by molar-refractivity contribution is -0.136. The fourth-order valence-electron chi connectivity index (χ4n) is 4.83. The molecule has 5 heterocycles. The Bertz CT molecular complexity index is 1350. The van der Waals surface area contributed by atoms with Crippen LogP contribution in [0.2, 0.25) is 0 Å². The monoisotopic (exact) mass is 471 g/mol. The van der Waals surface area contributed by atoms with Crippen molar-refractivity contribution in [3.63, 3.8) is 0 Å². The van der Waals surface area contributed by atoms with E-state index in [1.165, 1.54) is 20.3 Å². The summed E-state index contributed by atoms with van der Waals surface area (Å²) in [6.45, 7) is 4.25. The van der Waals surface area contributed by atoms with Crippen LogP contribution in [-0.4, -0.2) is 67.0 Å². The lowest BCUT2D eigenvalue weighted by Gasteiger charge is -2.46. The molecule has 1 atom stereocenters. The summed E-state index contributed by atoms with van der Waals surface area (Å²) in [6, 6.07) is 5.64. The third-order valence-electron chi connectivity index (χ3n) is 6.49. The zero-order valence-corrected chi connectivity index (χ0v) is 19.7. The number of hydrogen-bond acceptors (Lipinski definition) is 7. The number of pyridine rings is 1. The summed E-state index contributed by atoms with van der Waals surface area (Å²) >= 11 is 0. The van der Waals surface area contributed by atoms with E-state index < -0.39 is 11.6 Å². The van der Waals surface area contributed by atoms with Gasteiger partial charge in [0.15, 0.2) is 5.66 Å². The van der Waals surface area contributed by atoms with Crippen molar-refractivity contribution in [1.82, 2.24) is 29.3 Å². The van der Waals surface area contributed by atoms with Gasteiger partial charge in [0.25, 0.3) is 11.8 Å². The fourth-order valence-corrected chi connectivity index (χ4v) is 4.83. The molecule has 2 aliphatic heterocycles. The normalized spacial score (nSPS) is 19.4. The van der Waals surface area contributed by atoms with Crippen molar-refractivity contribution in [2.75, 3.05) is 20.2 Å². The molecule has 0 spiro atoms. The van der Waals surface area contributed by atoms with Gasteiger partial charge in [-0.1, -0.05) is 6.07 Å². The van der Waals surface area contributed by atoms with Crippen molar-refractivity contribution in [1.29, 1.82) is 5.41 Å². The highest BCUT2D eigenvalue weighted by atomic mass is 16.5. The zero-order chi connectivity index (χ0) is 24.7. The SMILES string of the molecule is CO/C=C(\C(C)=N)C(=O)N1CCN2C(=O)c3cc(-c4cccnc4)cn3CC12c1cnc(C)cn1. The number of fused-ring (bicyclic) bond motifs is 2. The molecule has 10 heteroatoms. The molecule has 0 aromatic carbocycles. The molecule has 35 heavy (non-hydrogen) atoms. The van der Waals surface area contributed by atoms with E-state index in [2.05, 4.69) is 15.0 Å². The van der Waals surface area contributed by atoms with Crippen molar-refractivity contribution < 1.29 is 14.3 Å². The molecule has 0 aliphatic carbocycles. The van der Waals surface area contributed by atoms with E-state index in [1.54, 1.807) is 34.6 Å². The van der Waals surface area contributed by atoms with E-state index in [1.807, 2.05) is 35.9 Å². The largest absolute Gasteiger partial charge is 0.503 e. The molecule has 10 nitrogen and oxygen atoms in total. The number of methoxy groups -OCH3 is 1. The summed E-state index contributed by atoms with van der Waals surface area (Å²) in [6.07, 6.45) is 9.88. The first-order chi connectivity index (χ1) is 16.9. The Morgan fingerprint density at radius 1 is 1.20 bits per heavy atom. The Morgan fingerprint density at radius 2 is 2.03 bits per heavy atom. The number of aromatic nitrogens is 4. The van der Waals surface area contributed by atoms with Gasteiger partial charge in [-0.05, 0) is 26.0 Å². The number of hydrogen-bond donors (Lipinski definition) is 1. The summed E-state index contributed by atoms with van der Waals surface area (Å²) in [4.78, 5) is 44.1. The summed E-state index contributed by atoms with van der Waals surface area (Å²) in [5.41, 5.74) is 2.50. The van der Waals surface area contributed by atoms with Gasteiger partial charge in [0.1, 0.15) is 11.4 Å². The highest BCUT2D eigenvalue weighted by molar-refractivity contribution is 6.19. The van der Waals surface area contributed by atoms with Crippen LogP contribution in [-0.2, 0) is 21.7 Å². The topological polar surface area (TPSA) is 117 Å². The summed E-state index contributed by atoms with van der Waals surface area (Å²) in [7, 11) is 1.43. The van der Waals surface area contributed by atoms with Crippen LogP contribution in [0, 0.1) is 12.3 Å². The molecule has 1 N–H and O–H groups in total. The van der Waals surface area contributed by atoms with E-state index >= 15 is 0 Å². The van der Waals surface area contributed by atoms with Crippen LogP contribution in [0.25, 0.3) is 11.1 Å². The van der Waals surface area contributed by atoms with Crippen molar-refractivity contribution in [2.24, 2.45) is 0 Å². The molecular weight excluding hydrogens is 446 g/mol. The van der Waals surface area contributed by atoms with E-state index in [0.717, 1.165) is 16.8 Å². The molecule has 3 aromatic heterocycles. The van der Waals surface area contributed by atoms with Gasteiger partial charge in [-0.3, -0.25) is 24.5 Å². The minimum absolute atomic E-state index is 0.0723. The molecular formula is C25H25N7O3. The van der Waals surface area contributed by atoms with Gasteiger partial charge < -0.3 is 24.5 Å². The van der Waals surface area contributed by atoms with Gasteiger partial charge in [-0.2, -0.15) is 0 Å². The summed E-state index contributed by atoms with van der Waals surface area (Å²) in [5.74, 6) is -0.604. The predicted molar refractivity (Wildman–Crippen MR) is 127 cm³/mol. The number of carbonyl (C=O) groups is 2. The Morgan fingerprint density at radius 3 is 2.69 bits per heavy atom. The first-order valence-electron chi connectivity index (χ1n) is 11.2.